The SMILES string of the molecule is CON(C)c1ccc(N)c2cnc(C)cc12. The lowest BCUT2D eigenvalue weighted by molar-refractivity contribution is 0.185. The summed E-state index contributed by atoms with van der Waals surface area (Å²) in [7, 11) is 3.50. The second-order valence-corrected chi connectivity index (χ2v) is 3.73. The monoisotopic (exact) mass is 217 g/mol. The Balaban J connectivity index is 2.75. The number of nitrogen functional groups attached to an aromatic ring is 1. The van der Waals surface area contributed by atoms with Crippen LogP contribution in [0.5, 0.6) is 0 Å². The predicted molar refractivity (Wildman–Crippen MR) is 66.3 cm³/mol. The van der Waals surface area contributed by atoms with Crippen LogP contribution in [0.1, 0.15) is 5.69 Å². The number of fused-ring (bicyclic) bond motifs is 1. The van der Waals surface area contributed by atoms with E-state index in [4.69, 9.17) is 10.6 Å². The van der Waals surface area contributed by atoms with Crippen LogP contribution in [0.15, 0.2) is 24.4 Å². The number of anilines is 2. The highest BCUT2D eigenvalue weighted by atomic mass is 16.7. The molecule has 0 unspecified atom stereocenters. The molecule has 16 heavy (non-hydrogen) atoms. The van der Waals surface area contributed by atoms with Gasteiger partial charge in [0.05, 0.1) is 12.8 Å². The standard InChI is InChI=1S/C12H15N3O/c1-8-6-9-10(7-14-8)11(13)4-5-12(9)15(2)16-3/h4-7H,13H2,1-3H3. The van der Waals surface area contributed by atoms with Gasteiger partial charge in [0.15, 0.2) is 0 Å². The van der Waals surface area contributed by atoms with E-state index in [1.165, 1.54) is 0 Å². The van der Waals surface area contributed by atoms with Crippen LogP contribution >= 0.6 is 0 Å². The van der Waals surface area contributed by atoms with Crippen molar-refractivity contribution < 1.29 is 4.84 Å². The van der Waals surface area contributed by atoms with Gasteiger partial charge in [0.1, 0.15) is 0 Å². The number of aromatic nitrogens is 1. The van der Waals surface area contributed by atoms with Crippen LogP contribution in [-0.2, 0) is 4.84 Å². The fraction of sp³-hybridized carbons (Fsp3) is 0.250. The van der Waals surface area contributed by atoms with Crippen molar-refractivity contribution in [2.75, 3.05) is 25.0 Å². The molecular weight excluding hydrogens is 202 g/mol. The normalized spacial score (nSPS) is 10.7. The highest BCUT2D eigenvalue weighted by molar-refractivity contribution is 6.00. The van der Waals surface area contributed by atoms with E-state index >= 15 is 0 Å². The molecule has 0 aliphatic carbocycles. The van der Waals surface area contributed by atoms with Crippen molar-refractivity contribution in [3.63, 3.8) is 0 Å². The van der Waals surface area contributed by atoms with Crippen LogP contribution in [0.3, 0.4) is 0 Å². The number of nitrogens with zero attached hydrogens (tertiary/aromatic N) is 2. The first kappa shape index (κ1) is 10.7. The Morgan fingerprint density at radius 1 is 1.31 bits per heavy atom. The van der Waals surface area contributed by atoms with E-state index < -0.39 is 0 Å². The summed E-state index contributed by atoms with van der Waals surface area (Å²) < 4.78 is 0. The number of aryl methyl sites for hydroxylation is 1. The molecule has 84 valence electrons. The molecule has 0 aliphatic heterocycles. The Kier molecular flexibility index (Phi) is 2.66. The summed E-state index contributed by atoms with van der Waals surface area (Å²) in [5, 5.41) is 3.71. The minimum Gasteiger partial charge on any atom is -0.398 e. The summed E-state index contributed by atoms with van der Waals surface area (Å²) in [4.78, 5) is 9.45. The summed E-state index contributed by atoms with van der Waals surface area (Å²) in [6.07, 6.45) is 1.80. The van der Waals surface area contributed by atoms with Gasteiger partial charge in [-0.1, -0.05) is 0 Å². The molecule has 2 aromatic rings. The molecule has 4 nitrogen and oxygen atoms in total. The van der Waals surface area contributed by atoms with E-state index in [1.807, 2.05) is 32.2 Å². The molecule has 0 saturated carbocycles. The maximum Gasteiger partial charge on any atom is 0.0714 e. The Hall–Kier alpha value is -1.81. The van der Waals surface area contributed by atoms with Gasteiger partial charge in [-0.2, -0.15) is 0 Å². The molecule has 2 N–H and O–H groups in total. The van der Waals surface area contributed by atoms with Gasteiger partial charge in [-0.3, -0.25) is 14.9 Å². The zero-order valence-corrected chi connectivity index (χ0v) is 9.69. The van der Waals surface area contributed by atoms with Gasteiger partial charge in [-0.25, -0.2) is 0 Å². The topological polar surface area (TPSA) is 51.4 Å². The molecule has 1 aromatic heterocycles. The second kappa shape index (κ2) is 3.98. The van der Waals surface area contributed by atoms with Crippen molar-refractivity contribution in [2.24, 2.45) is 0 Å². The molecule has 0 amide bonds. The fourth-order valence-electron chi connectivity index (χ4n) is 1.72. The number of pyridine rings is 1. The summed E-state index contributed by atoms with van der Waals surface area (Å²) in [6.45, 7) is 1.96. The summed E-state index contributed by atoms with van der Waals surface area (Å²) in [6, 6.07) is 5.82. The Bertz CT molecular complexity index is 525. The first-order chi connectivity index (χ1) is 7.63. The first-order valence-corrected chi connectivity index (χ1v) is 5.06. The molecule has 1 heterocycles. The average Bonchev–Trinajstić information content (AvgIpc) is 2.28. The number of hydrogen-bond donors (Lipinski definition) is 1. The van der Waals surface area contributed by atoms with Crippen molar-refractivity contribution >= 4 is 22.1 Å². The zero-order chi connectivity index (χ0) is 11.7. The third kappa shape index (κ3) is 1.67. The predicted octanol–water partition coefficient (Wildman–Crippen LogP) is 2.12. The molecule has 0 bridgehead atoms. The van der Waals surface area contributed by atoms with Gasteiger partial charge < -0.3 is 5.73 Å². The lowest BCUT2D eigenvalue weighted by Crippen LogP contribution is -2.15. The summed E-state index contributed by atoms with van der Waals surface area (Å²) in [5.41, 5.74) is 8.60. The lowest BCUT2D eigenvalue weighted by Gasteiger charge is -2.18. The van der Waals surface area contributed by atoms with Crippen LogP contribution in [0.25, 0.3) is 10.8 Å². The van der Waals surface area contributed by atoms with Crippen molar-refractivity contribution in [1.29, 1.82) is 0 Å². The van der Waals surface area contributed by atoms with Gasteiger partial charge in [-0.15, -0.1) is 0 Å². The number of rotatable bonds is 2. The Morgan fingerprint density at radius 2 is 2.06 bits per heavy atom. The first-order valence-electron chi connectivity index (χ1n) is 5.06. The van der Waals surface area contributed by atoms with E-state index in [0.717, 1.165) is 27.8 Å². The van der Waals surface area contributed by atoms with Crippen molar-refractivity contribution in [3.05, 3.63) is 30.1 Å². The molecule has 4 heteroatoms. The number of hydroxylamine groups is 1. The highest BCUT2D eigenvalue weighted by Gasteiger charge is 2.08. The third-order valence-corrected chi connectivity index (χ3v) is 2.66. The van der Waals surface area contributed by atoms with Crippen molar-refractivity contribution in [3.8, 4) is 0 Å². The molecule has 2 rings (SSSR count). The number of benzene rings is 1. The minimum absolute atomic E-state index is 0.732. The number of hydrogen-bond acceptors (Lipinski definition) is 4. The second-order valence-electron chi connectivity index (χ2n) is 3.73. The molecule has 0 radical (unpaired) electrons. The van der Waals surface area contributed by atoms with Crippen molar-refractivity contribution in [2.45, 2.75) is 6.92 Å². The molecule has 0 aliphatic rings. The van der Waals surface area contributed by atoms with Gasteiger partial charge in [0.25, 0.3) is 0 Å². The Labute approximate surface area is 94.6 Å². The van der Waals surface area contributed by atoms with Gasteiger partial charge in [0, 0.05) is 35.4 Å². The van der Waals surface area contributed by atoms with Gasteiger partial charge in [-0.05, 0) is 25.1 Å². The van der Waals surface area contributed by atoms with E-state index in [9.17, 15) is 0 Å². The van der Waals surface area contributed by atoms with E-state index in [2.05, 4.69) is 4.98 Å². The average molecular weight is 217 g/mol. The molecule has 0 spiro atoms. The van der Waals surface area contributed by atoms with Gasteiger partial charge in [0.2, 0.25) is 0 Å². The van der Waals surface area contributed by atoms with E-state index in [1.54, 1.807) is 18.4 Å². The van der Waals surface area contributed by atoms with Crippen LogP contribution in [0.4, 0.5) is 11.4 Å². The van der Waals surface area contributed by atoms with Crippen molar-refractivity contribution in [1.82, 2.24) is 4.98 Å². The largest absolute Gasteiger partial charge is 0.398 e. The molecule has 0 fully saturated rings. The van der Waals surface area contributed by atoms with Crippen LogP contribution in [-0.4, -0.2) is 19.1 Å². The van der Waals surface area contributed by atoms with Crippen LogP contribution in [0.2, 0.25) is 0 Å². The van der Waals surface area contributed by atoms with Crippen LogP contribution < -0.4 is 10.8 Å². The third-order valence-electron chi connectivity index (χ3n) is 2.66. The molecule has 0 atom stereocenters. The number of nitrogens with two attached hydrogens (primary N) is 1. The lowest BCUT2D eigenvalue weighted by atomic mass is 10.1. The highest BCUT2D eigenvalue weighted by Crippen LogP contribution is 2.30. The molecular formula is C12H15N3O. The smallest absolute Gasteiger partial charge is 0.0714 e. The summed E-state index contributed by atoms with van der Waals surface area (Å²) in [5.74, 6) is 0. The molecule has 0 saturated heterocycles. The molecule has 1 aromatic carbocycles. The quantitative estimate of drug-likeness (QED) is 0.618. The maximum atomic E-state index is 5.92. The fourth-order valence-corrected chi connectivity index (χ4v) is 1.72. The minimum atomic E-state index is 0.732. The van der Waals surface area contributed by atoms with E-state index in [0.29, 0.717) is 0 Å². The zero-order valence-electron chi connectivity index (χ0n) is 9.69. The van der Waals surface area contributed by atoms with Crippen LogP contribution in [0, 0.1) is 6.92 Å². The summed E-state index contributed by atoms with van der Waals surface area (Å²) >= 11 is 0. The Morgan fingerprint density at radius 3 is 2.75 bits per heavy atom. The van der Waals surface area contributed by atoms with Gasteiger partial charge >= 0.3 is 0 Å². The van der Waals surface area contributed by atoms with E-state index in [-0.39, 0.29) is 0 Å². The maximum absolute atomic E-state index is 5.92.